The molecule has 5 heteroatoms. The number of hydrogen-bond donors (Lipinski definition) is 1. The minimum atomic E-state index is -0.0908. The van der Waals surface area contributed by atoms with Gasteiger partial charge in [-0.25, -0.2) is 4.68 Å². The lowest BCUT2D eigenvalue weighted by molar-refractivity contribution is 0.414. The Bertz CT molecular complexity index is 987. The molecule has 0 unspecified atom stereocenters. The SMILES string of the molecule is COc1ccc(-n2[nH]c(C)c(C=NC3Cc4ccccc4C3)c2=O)cc1. The van der Waals surface area contributed by atoms with Gasteiger partial charge in [0.15, 0.2) is 0 Å². The van der Waals surface area contributed by atoms with Gasteiger partial charge in [-0.15, -0.1) is 0 Å². The van der Waals surface area contributed by atoms with Gasteiger partial charge in [-0.3, -0.25) is 14.9 Å². The molecule has 1 heterocycles. The van der Waals surface area contributed by atoms with Crippen molar-refractivity contribution in [2.45, 2.75) is 25.8 Å². The molecule has 3 aromatic rings. The molecule has 0 saturated heterocycles. The number of aromatic amines is 1. The maximum Gasteiger partial charge on any atom is 0.280 e. The Balaban J connectivity index is 1.58. The van der Waals surface area contributed by atoms with Crippen molar-refractivity contribution in [1.82, 2.24) is 9.78 Å². The van der Waals surface area contributed by atoms with Crippen LogP contribution in [0, 0.1) is 6.92 Å². The van der Waals surface area contributed by atoms with E-state index in [1.165, 1.54) is 11.1 Å². The van der Waals surface area contributed by atoms with Gasteiger partial charge in [0.1, 0.15) is 5.75 Å². The Hall–Kier alpha value is -3.08. The van der Waals surface area contributed by atoms with Crippen molar-refractivity contribution >= 4 is 6.21 Å². The number of methoxy groups -OCH3 is 1. The highest BCUT2D eigenvalue weighted by Crippen LogP contribution is 2.23. The summed E-state index contributed by atoms with van der Waals surface area (Å²) >= 11 is 0. The van der Waals surface area contributed by atoms with Crippen molar-refractivity contribution in [1.29, 1.82) is 0 Å². The molecule has 1 N–H and O–H groups in total. The van der Waals surface area contributed by atoms with Crippen LogP contribution in [-0.4, -0.2) is 29.1 Å². The summed E-state index contributed by atoms with van der Waals surface area (Å²) in [6, 6.07) is 16.0. The number of rotatable bonds is 4. The number of benzene rings is 2. The smallest absolute Gasteiger partial charge is 0.280 e. The van der Waals surface area contributed by atoms with Crippen LogP contribution in [0.5, 0.6) is 5.75 Å². The van der Waals surface area contributed by atoms with E-state index in [-0.39, 0.29) is 11.6 Å². The molecule has 0 fully saturated rings. The van der Waals surface area contributed by atoms with Crippen LogP contribution in [-0.2, 0) is 12.8 Å². The van der Waals surface area contributed by atoms with Gasteiger partial charge in [-0.05, 0) is 55.2 Å². The van der Waals surface area contributed by atoms with Crippen LogP contribution in [0.2, 0.25) is 0 Å². The molecule has 0 radical (unpaired) electrons. The number of fused-ring (bicyclic) bond motifs is 1. The summed E-state index contributed by atoms with van der Waals surface area (Å²) in [4.78, 5) is 17.5. The van der Waals surface area contributed by atoms with Crippen LogP contribution in [0.15, 0.2) is 58.3 Å². The van der Waals surface area contributed by atoms with E-state index < -0.39 is 0 Å². The molecule has 1 aliphatic carbocycles. The van der Waals surface area contributed by atoms with Crippen molar-refractivity contribution in [3.8, 4) is 11.4 Å². The standard InChI is InChI=1S/C21H21N3O2/c1-14-20(13-22-17-11-15-5-3-4-6-16(15)12-17)21(25)24(23-14)18-7-9-19(26-2)10-8-18/h3-10,13,17,23H,11-12H2,1-2H3. The molecule has 0 bridgehead atoms. The average Bonchev–Trinajstić information content (AvgIpc) is 3.20. The van der Waals surface area contributed by atoms with Gasteiger partial charge in [-0.2, -0.15) is 0 Å². The van der Waals surface area contributed by atoms with E-state index in [1.54, 1.807) is 18.0 Å². The molecule has 0 aliphatic heterocycles. The van der Waals surface area contributed by atoms with Gasteiger partial charge in [-0.1, -0.05) is 24.3 Å². The van der Waals surface area contributed by atoms with Gasteiger partial charge in [0, 0.05) is 11.9 Å². The highest BCUT2D eigenvalue weighted by molar-refractivity contribution is 5.81. The highest BCUT2D eigenvalue weighted by Gasteiger charge is 2.20. The van der Waals surface area contributed by atoms with E-state index in [2.05, 4.69) is 34.4 Å². The Labute approximate surface area is 152 Å². The lowest BCUT2D eigenvalue weighted by Gasteiger charge is -2.03. The molecule has 0 amide bonds. The minimum Gasteiger partial charge on any atom is -0.497 e. The number of aromatic nitrogens is 2. The van der Waals surface area contributed by atoms with E-state index >= 15 is 0 Å². The Kier molecular flexibility index (Phi) is 4.21. The molecule has 26 heavy (non-hydrogen) atoms. The third-order valence-corrected chi connectivity index (χ3v) is 4.89. The maximum atomic E-state index is 12.8. The van der Waals surface area contributed by atoms with E-state index in [0.717, 1.165) is 30.0 Å². The van der Waals surface area contributed by atoms with Crippen LogP contribution in [0.4, 0.5) is 0 Å². The fourth-order valence-electron chi connectivity index (χ4n) is 3.45. The zero-order valence-corrected chi connectivity index (χ0v) is 14.9. The van der Waals surface area contributed by atoms with Crippen molar-refractivity contribution < 1.29 is 4.74 Å². The fourth-order valence-corrected chi connectivity index (χ4v) is 3.45. The van der Waals surface area contributed by atoms with Gasteiger partial charge < -0.3 is 4.74 Å². The number of nitrogens with zero attached hydrogens (tertiary/aromatic N) is 2. The van der Waals surface area contributed by atoms with E-state index in [9.17, 15) is 4.79 Å². The summed E-state index contributed by atoms with van der Waals surface area (Å²) in [6.07, 6.45) is 3.59. The average molecular weight is 347 g/mol. The summed E-state index contributed by atoms with van der Waals surface area (Å²) in [7, 11) is 1.62. The number of aliphatic imine (C=N–C) groups is 1. The third kappa shape index (κ3) is 2.96. The molecule has 0 saturated carbocycles. The minimum absolute atomic E-state index is 0.0908. The lowest BCUT2D eigenvalue weighted by Crippen LogP contribution is -2.17. The van der Waals surface area contributed by atoms with Crippen LogP contribution >= 0.6 is 0 Å². The fraction of sp³-hybridized carbons (Fsp3) is 0.238. The molecular formula is C21H21N3O2. The van der Waals surface area contributed by atoms with Gasteiger partial charge >= 0.3 is 0 Å². The molecular weight excluding hydrogens is 326 g/mol. The molecule has 2 aromatic carbocycles. The number of nitrogens with one attached hydrogen (secondary N) is 1. The maximum absolute atomic E-state index is 12.8. The first-order valence-electron chi connectivity index (χ1n) is 8.71. The summed E-state index contributed by atoms with van der Waals surface area (Å²) < 4.78 is 6.71. The predicted molar refractivity (Wildman–Crippen MR) is 103 cm³/mol. The van der Waals surface area contributed by atoms with Crippen LogP contribution in [0.25, 0.3) is 5.69 Å². The van der Waals surface area contributed by atoms with Crippen LogP contribution in [0.1, 0.15) is 22.4 Å². The number of aryl methyl sites for hydroxylation is 1. The topological polar surface area (TPSA) is 59.4 Å². The van der Waals surface area contributed by atoms with Crippen LogP contribution in [0.3, 0.4) is 0 Å². The predicted octanol–water partition coefficient (Wildman–Crippen LogP) is 3.07. The highest BCUT2D eigenvalue weighted by atomic mass is 16.5. The molecule has 132 valence electrons. The van der Waals surface area contributed by atoms with Crippen molar-refractivity contribution in [3.05, 3.63) is 81.3 Å². The van der Waals surface area contributed by atoms with Crippen LogP contribution < -0.4 is 10.3 Å². The summed E-state index contributed by atoms with van der Waals surface area (Å²) in [5.74, 6) is 0.757. The monoisotopic (exact) mass is 347 g/mol. The van der Waals surface area contributed by atoms with Crippen molar-refractivity contribution in [3.63, 3.8) is 0 Å². The Morgan fingerprint density at radius 3 is 2.38 bits per heavy atom. The molecule has 5 nitrogen and oxygen atoms in total. The van der Waals surface area contributed by atoms with E-state index in [1.807, 2.05) is 31.2 Å². The molecule has 4 rings (SSSR count). The lowest BCUT2D eigenvalue weighted by atomic mass is 10.1. The first-order chi connectivity index (χ1) is 12.7. The second-order valence-corrected chi connectivity index (χ2v) is 6.60. The first kappa shape index (κ1) is 16.4. The summed E-state index contributed by atoms with van der Waals surface area (Å²) in [6.45, 7) is 1.90. The molecule has 1 aromatic heterocycles. The number of ether oxygens (including phenoxy) is 1. The number of hydrogen-bond acceptors (Lipinski definition) is 3. The van der Waals surface area contributed by atoms with Crippen molar-refractivity contribution in [2.24, 2.45) is 4.99 Å². The zero-order chi connectivity index (χ0) is 18.1. The van der Waals surface area contributed by atoms with Crippen molar-refractivity contribution in [2.75, 3.05) is 7.11 Å². The summed E-state index contributed by atoms with van der Waals surface area (Å²) in [5, 5.41) is 3.13. The van der Waals surface area contributed by atoms with Gasteiger partial charge in [0.25, 0.3) is 5.56 Å². The molecule has 0 atom stereocenters. The zero-order valence-electron chi connectivity index (χ0n) is 14.9. The van der Waals surface area contributed by atoms with Gasteiger partial charge in [0.05, 0.1) is 24.4 Å². The first-order valence-corrected chi connectivity index (χ1v) is 8.71. The number of H-pyrrole nitrogens is 1. The largest absolute Gasteiger partial charge is 0.497 e. The molecule has 0 spiro atoms. The second kappa shape index (κ2) is 6.67. The van der Waals surface area contributed by atoms with Gasteiger partial charge in [0.2, 0.25) is 0 Å². The summed E-state index contributed by atoms with van der Waals surface area (Å²) in [5.41, 5.74) is 4.81. The van der Waals surface area contributed by atoms with E-state index in [0.29, 0.717) is 5.56 Å². The third-order valence-electron chi connectivity index (χ3n) is 4.89. The normalized spacial score (nSPS) is 14.1. The van der Waals surface area contributed by atoms with E-state index in [4.69, 9.17) is 4.74 Å². The Morgan fingerprint density at radius 2 is 1.77 bits per heavy atom. The second-order valence-electron chi connectivity index (χ2n) is 6.60. The quantitative estimate of drug-likeness (QED) is 0.738. The molecule has 1 aliphatic rings. The Morgan fingerprint density at radius 1 is 1.12 bits per heavy atom.